The number of para-hydroxylation sites is 3. The number of ether oxygens (including phenoxy) is 2. The first kappa shape index (κ1) is 24.4. The molecule has 184 valence electrons. The molecule has 1 spiro atoms. The number of sulfonamides is 1. The van der Waals surface area contributed by atoms with Crippen LogP contribution < -0.4 is 19.1 Å². The number of hydrogen-bond donors (Lipinski definition) is 1. The van der Waals surface area contributed by atoms with Gasteiger partial charge in [0.15, 0.2) is 0 Å². The lowest BCUT2D eigenvalue weighted by molar-refractivity contribution is -0.122. The van der Waals surface area contributed by atoms with Crippen LogP contribution in [0.3, 0.4) is 0 Å². The van der Waals surface area contributed by atoms with Crippen molar-refractivity contribution < 1.29 is 22.7 Å². The summed E-state index contributed by atoms with van der Waals surface area (Å²) in [5.41, 5.74) is 1.28. The first-order valence-corrected chi connectivity index (χ1v) is 13.8. The van der Waals surface area contributed by atoms with Crippen molar-refractivity contribution in [1.29, 1.82) is 0 Å². The highest BCUT2D eigenvalue weighted by molar-refractivity contribution is 7.92. The Morgan fingerprint density at radius 3 is 2.56 bits per heavy atom. The summed E-state index contributed by atoms with van der Waals surface area (Å²) in [4.78, 5) is 12.9. The Morgan fingerprint density at radius 1 is 1.12 bits per heavy atom. The van der Waals surface area contributed by atoms with Gasteiger partial charge in [-0.25, -0.2) is 8.42 Å². The third-order valence-electron chi connectivity index (χ3n) is 6.82. The minimum Gasteiger partial charge on any atom is -0.495 e. The molecule has 1 atom stereocenters. The Bertz CT molecular complexity index is 1110. The van der Waals surface area contributed by atoms with E-state index in [0.717, 1.165) is 43.4 Å². The number of benzene rings is 2. The molecular weight excluding hydrogens is 452 g/mol. The van der Waals surface area contributed by atoms with Gasteiger partial charge in [-0.15, -0.1) is 0 Å². The Balaban J connectivity index is 1.42. The summed E-state index contributed by atoms with van der Waals surface area (Å²) in [5, 5.41) is 3.21. The third kappa shape index (κ3) is 5.49. The number of carbonyl (C=O) groups is 1. The monoisotopic (exact) mass is 486 g/mol. The molecule has 2 aromatic rings. The van der Waals surface area contributed by atoms with Crippen LogP contribution in [0.5, 0.6) is 11.5 Å². The van der Waals surface area contributed by atoms with Gasteiger partial charge >= 0.3 is 0 Å². The maximum absolute atomic E-state index is 12.9. The van der Waals surface area contributed by atoms with E-state index >= 15 is 0 Å². The molecule has 1 aliphatic heterocycles. The van der Waals surface area contributed by atoms with Crippen molar-refractivity contribution in [2.45, 2.75) is 63.0 Å². The molecule has 7 nitrogen and oxygen atoms in total. The second-order valence-corrected chi connectivity index (χ2v) is 11.2. The molecule has 1 N–H and O–H groups in total. The molecule has 1 fully saturated rings. The number of carbonyl (C=O) groups excluding carboxylic acids is 1. The highest BCUT2D eigenvalue weighted by Crippen LogP contribution is 2.46. The van der Waals surface area contributed by atoms with Crippen molar-refractivity contribution in [1.82, 2.24) is 5.32 Å². The summed E-state index contributed by atoms with van der Waals surface area (Å²) in [7, 11) is -2.02. The summed E-state index contributed by atoms with van der Waals surface area (Å²) in [5.74, 6) is 1.26. The van der Waals surface area contributed by atoms with E-state index in [1.54, 1.807) is 24.3 Å². The number of amides is 1. The van der Waals surface area contributed by atoms with Crippen molar-refractivity contribution in [2.75, 3.05) is 24.2 Å². The van der Waals surface area contributed by atoms with Crippen molar-refractivity contribution in [3.8, 4) is 11.5 Å². The lowest BCUT2D eigenvalue weighted by atomic mass is 9.77. The molecule has 2 aliphatic rings. The topological polar surface area (TPSA) is 84.9 Å². The molecule has 8 heteroatoms. The zero-order chi connectivity index (χ0) is 24.2. The Morgan fingerprint density at radius 2 is 1.82 bits per heavy atom. The number of nitrogens with one attached hydrogen (secondary N) is 1. The predicted octanol–water partition coefficient (Wildman–Crippen LogP) is 4.58. The molecule has 0 bridgehead atoms. The van der Waals surface area contributed by atoms with Gasteiger partial charge in [-0.2, -0.15) is 0 Å². The smallest absolute Gasteiger partial charge is 0.232 e. The SMILES string of the molecule is COc1ccccc1N(CCCC(=O)N[C@@H]1CC2(CCCCC2)Oc2ccccc21)S(C)(=O)=O. The van der Waals surface area contributed by atoms with Crippen molar-refractivity contribution in [2.24, 2.45) is 0 Å². The number of fused-ring (bicyclic) bond motifs is 1. The van der Waals surface area contributed by atoms with E-state index in [1.165, 1.54) is 24.1 Å². The highest BCUT2D eigenvalue weighted by atomic mass is 32.2. The van der Waals surface area contributed by atoms with Crippen LogP contribution in [0.15, 0.2) is 48.5 Å². The maximum Gasteiger partial charge on any atom is 0.232 e. The molecule has 34 heavy (non-hydrogen) atoms. The Labute approximate surface area is 202 Å². The van der Waals surface area contributed by atoms with Gasteiger partial charge < -0.3 is 14.8 Å². The molecule has 0 unspecified atom stereocenters. The largest absolute Gasteiger partial charge is 0.495 e. The van der Waals surface area contributed by atoms with Crippen LogP contribution in [0.4, 0.5) is 5.69 Å². The molecule has 1 heterocycles. The molecule has 0 radical (unpaired) electrons. The highest BCUT2D eigenvalue weighted by Gasteiger charge is 2.42. The minimum absolute atomic E-state index is 0.0823. The lowest BCUT2D eigenvalue weighted by Gasteiger charge is -2.44. The minimum atomic E-state index is -3.53. The molecule has 1 amide bonds. The van der Waals surface area contributed by atoms with Crippen LogP contribution in [0.25, 0.3) is 0 Å². The summed E-state index contributed by atoms with van der Waals surface area (Å²) in [6.07, 6.45) is 8.11. The second-order valence-electron chi connectivity index (χ2n) is 9.32. The summed E-state index contributed by atoms with van der Waals surface area (Å²) in [6.45, 7) is 0.195. The van der Waals surface area contributed by atoms with Gasteiger partial charge in [0.1, 0.15) is 17.1 Å². The number of rotatable bonds is 8. The average Bonchev–Trinajstić information content (AvgIpc) is 2.81. The molecule has 1 aliphatic carbocycles. The van der Waals surface area contributed by atoms with Crippen LogP contribution in [-0.4, -0.2) is 39.8 Å². The first-order chi connectivity index (χ1) is 16.3. The van der Waals surface area contributed by atoms with E-state index < -0.39 is 10.0 Å². The van der Waals surface area contributed by atoms with Crippen molar-refractivity contribution >= 4 is 21.6 Å². The van der Waals surface area contributed by atoms with E-state index in [2.05, 4.69) is 5.32 Å². The molecule has 2 aromatic carbocycles. The van der Waals surface area contributed by atoms with Gasteiger partial charge in [0, 0.05) is 24.9 Å². The Kier molecular flexibility index (Phi) is 7.36. The number of nitrogens with zero attached hydrogens (tertiary/aromatic N) is 1. The second kappa shape index (κ2) is 10.3. The van der Waals surface area contributed by atoms with Crippen LogP contribution in [-0.2, 0) is 14.8 Å². The predicted molar refractivity (Wildman–Crippen MR) is 133 cm³/mol. The summed E-state index contributed by atoms with van der Waals surface area (Å²) in [6, 6.07) is 14.8. The average molecular weight is 487 g/mol. The van der Waals surface area contributed by atoms with E-state index in [1.807, 2.05) is 24.3 Å². The number of anilines is 1. The van der Waals surface area contributed by atoms with Crippen molar-refractivity contribution in [3.63, 3.8) is 0 Å². The quantitative estimate of drug-likeness (QED) is 0.590. The zero-order valence-corrected chi connectivity index (χ0v) is 20.8. The van der Waals surface area contributed by atoms with E-state index in [4.69, 9.17) is 9.47 Å². The van der Waals surface area contributed by atoms with Crippen LogP contribution >= 0.6 is 0 Å². The van der Waals surface area contributed by atoms with E-state index in [0.29, 0.717) is 17.9 Å². The normalized spacial score (nSPS) is 19.1. The molecule has 0 aromatic heterocycles. The van der Waals surface area contributed by atoms with Crippen molar-refractivity contribution in [3.05, 3.63) is 54.1 Å². The fraction of sp³-hybridized carbons (Fsp3) is 0.500. The standard InChI is InChI=1S/C26H34N2O5S/c1-32-24-14-7-5-12-22(24)28(34(2,30)31)18-10-15-25(29)27-21-19-26(16-8-3-9-17-26)33-23-13-6-4-11-20(21)23/h4-7,11-14,21H,3,8-10,15-19H2,1-2H3,(H,27,29)/t21-/m1/s1. The third-order valence-corrected chi connectivity index (χ3v) is 8.00. The number of hydrogen-bond acceptors (Lipinski definition) is 5. The van der Waals surface area contributed by atoms with E-state index in [-0.39, 0.29) is 30.5 Å². The van der Waals surface area contributed by atoms with Crippen LogP contribution in [0, 0.1) is 0 Å². The van der Waals surface area contributed by atoms with Gasteiger partial charge in [-0.1, -0.05) is 36.8 Å². The lowest BCUT2D eigenvalue weighted by Crippen LogP contribution is -2.46. The zero-order valence-electron chi connectivity index (χ0n) is 20.0. The van der Waals surface area contributed by atoms with Crippen LogP contribution in [0.2, 0.25) is 0 Å². The fourth-order valence-electron chi connectivity index (χ4n) is 5.20. The summed E-state index contributed by atoms with van der Waals surface area (Å²) < 4.78 is 38.0. The Hall–Kier alpha value is -2.74. The van der Waals surface area contributed by atoms with Gasteiger partial charge in [-0.05, 0) is 50.3 Å². The fourth-order valence-corrected chi connectivity index (χ4v) is 6.17. The summed E-state index contributed by atoms with van der Waals surface area (Å²) >= 11 is 0. The molecular formula is C26H34N2O5S. The molecule has 4 rings (SSSR count). The van der Waals surface area contributed by atoms with E-state index in [9.17, 15) is 13.2 Å². The number of methoxy groups -OCH3 is 1. The maximum atomic E-state index is 12.9. The van der Waals surface area contributed by atoms with Crippen LogP contribution in [0.1, 0.15) is 63.0 Å². The van der Waals surface area contributed by atoms with Gasteiger partial charge in [0.25, 0.3) is 0 Å². The van der Waals surface area contributed by atoms with Gasteiger partial charge in [0.2, 0.25) is 15.9 Å². The molecule has 0 saturated heterocycles. The van der Waals surface area contributed by atoms with Gasteiger partial charge in [0.05, 0.1) is 25.1 Å². The van der Waals surface area contributed by atoms with Gasteiger partial charge in [-0.3, -0.25) is 9.10 Å². The first-order valence-electron chi connectivity index (χ1n) is 12.0. The molecule has 1 saturated carbocycles.